The number of benzene rings is 1. The van der Waals surface area contributed by atoms with Gasteiger partial charge in [0.2, 0.25) is 0 Å². The van der Waals surface area contributed by atoms with E-state index in [0.29, 0.717) is 10.6 Å². The normalized spacial score (nSPS) is 16.1. The maximum Gasteiger partial charge on any atom is 0.256 e. The van der Waals surface area contributed by atoms with Crippen molar-refractivity contribution in [2.24, 2.45) is 0 Å². The first kappa shape index (κ1) is 10.2. The van der Waals surface area contributed by atoms with Gasteiger partial charge in [-0.15, -0.1) is 0 Å². The molecule has 0 saturated carbocycles. The molecule has 3 nitrogen and oxygen atoms in total. The van der Waals surface area contributed by atoms with Crippen LogP contribution in [-0.4, -0.2) is 10.9 Å². The van der Waals surface area contributed by atoms with Gasteiger partial charge in [-0.1, -0.05) is 17.7 Å². The Morgan fingerprint density at radius 2 is 2.12 bits per heavy atom. The van der Waals surface area contributed by atoms with E-state index in [1.165, 1.54) is 0 Å². The molecule has 1 aromatic heterocycles. The first-order chi connectivity index (χ1) is 8.24. The van der Waals surface area contributed by atoms with Gasteiger partial charge >= 0.3 is 0 Å². The monoisotopic (exact) mass is 244 g/mol. The molecular weight excluding hydrogens is 236 g/mol. The molecule has 17 heavy (non-hydrogen) atoms. The lowest BCUT2D eigenvalue weighted by atomic mass is 10.1. The molecule has 0 bridgehead atoms. The Balaban J connectivity index is 2.11. The van der Waals surface area contributed by atoms with Crippen LogP contribution >= 0.6 is 11.6 Å². The van der Waals surface area contributed by atoms with Crippen LogP contribution in [-0.2, 0) is 4.79 Å². The number of aromatic amines is 1. The number of fused-ring (bicyclic) bond motifs is 1. The second-order valence-corrected chi connectivity index (χ2v) is 4.26. The van der Waals surface area contributed by atoms with E-state index >= 15 is 0 Å². The molecule has 3 rings (SSSR count). The van der Waals surface area contributed by atoms with Crippen LogP contribution in [0.1, 0.15) is 11.3 Å². The predicted molar refractivity (Wildman–Crippen MR) is 68.7 cm³/mol. The van der Waals surface area contributed by atoms with Gasteiger partial charge in [0.25, 0.3) is 5.91 Å². The Labute approximate surface area is 103 Å². The number of aromatic nitrogens is 1. The number of hydrogen-bond donors (Lipinski definition) is 2. The number of halogens is 1. The highest BCUT2D eigenvalue weighted by Gasteiger charge is 2.23. The van der Waals surface area contributed by atoms with Gasteiger partial charge in [0, 0.05) is 22.5 Å². The van der Waals surface area contributed by atoms with Gasteiger partial charge in [0.05, 0.1) is 11.3 Å². The summed E-state index contributed by atoms with van der Waals surface area (Å²) in [7, 11) is 0. The highest BCUT2D eigenvalue weighted by atomic mass is 35.5. The zero-order valence-corrected chi connectivity index (χ0v) is 9.58. The second-order valence-electron chi connectivity index (χ2n) is 3.83. The van der Waals surface area contributed by atoms with Crippen LogP contribution in [0.15, 0.2) is 36.5 Å². The number of H-pyrrole nitrogens is 1. The van der Waals surface area contributed by atoms with Crippen LogP contribution < -0.4 is 5.32 Å². The minimum absolute atomic E-state index is 0.100. The number of nitrogens with one attached hydrogen (secondary N) is 2. The molecule has 84 valence electrons. The molecule has 0 spiro atoms. The van der Waals surface area contributed by atoms with E-state index in [2.05, 4.69) is 10.3 Å². The first-order valence-electron chi connectivity index (χ1n) is 5.20. The number of anilines is 1. The standard InChI is InChI=1S/C13H9ClN2O/c14-8-3-4-10-11(7-9-2-1-5-15-9)13(17)16-12(10)6-8/h1-7,15H,(H,16,17)/b11-7-. The Hall–Kier alpha value is -2.00. The van der Waals surface area contributed by atoms with E-state index < -0.39 is 0 Å². The van der Waals surface area contributed by atoms with Crippen molar-refractivity contribution < 1.29 is 4.79 Å². The fourth-order valence-corrected chi connectivity index (χ4v) is 2.07. The number of carbonyl (C=O) groups excluding carboxylic acids is 1. The molecule has 2 N–H and O–H groups in total. The first-order valence-corrected chi connectivity index (χ1v) is 5.58. The molecule has 1 amide bonds. The highest BCUT2D eigenvalue weighted by Crippen LogP contribution is 2.34. The van der Waals surface area contributed by atoms with Gasteiger partial charge in [0.15, 0.2) is 0 Å². The van der Waals surface area contributed by atoms with Crippen molar-refractivity contribution in [3.8, 4) is 0 Å². The zero-order chi connectivity index (χ0) is 11.8. The van der Waals surface area contributed by atoms with Crippen LogP contribution in [0.3, 0.4) is 0 Å². The smallest absolute Gasteiger partial charge is 0.256 e. The van der Waals surface area contributed by atoms with Gasteiger partial charge < -0.3 is 10.3 Å². The lowest BCUT2D eigenvalue weighted by Crippen LogP contribution is -2.03. The van der Waals surface area contributed by atoms with Crippen LogP contribution in [0.4, 0.5) is 5.69 Å². The topological polar surface area (TPSA) is 44.9 Å². The summed E-state index contributed by atoms with van der Waals surface area (Å²) in [6.07, 6.45) is 3.65. The van der Waals surface area contributed by atoms with Gasteiger partial charge in [-0.3, -0.25) is 4.79 Å². The maximum atomic E-state index is 11.8. The lowest BCUT2D eigenvalue weighted by Gasteiger charge is -1.98. The van der Waals surface area contributed by atoms with E-state index in [1.54, 1.807) is 12.1 Å². The van der Waals surface area contributed by atoms with Crippen molar-refractivity contribution in [2.75, 3.05) is 5.32 Å². The molecule has 0 unspecified atom stereocenters. The van der Waals surface area contributed by atoms with E-state index in [1.807, 2.05) is 30.5 Å². The average Bonchev–Trinajstić information content (AvgIpc) is 2.88. The molecule has 4 heteroatoms. The third kappa shape index (κ3) is 1.74. The molecular formula is C13H9ClN2O. The summed E-state index contributed by atoms with van der Waals surface area (Å²) in [6.45, 7) is 0. The van der Waals surface area contributed by atoms with Crippen molar-refractivity contribution in [1.82, 2.24) is 4.98 Å². The summed E-state index contributed by atoms with van der Waals surface area (Å²) in [6, 6.07) is 9.19. The third-order valence-corrected chi connectivity index (χ3v) is 2.92. The summed E-state index contributed by atoms with van der Waals surface area (Å²) in [5, 5.41) is 3.41. The van der Waals surface area contributed by atoms with Crippen molar-refractivity contribution in [1.29, 1.82) is 0 Å². The average molecular weight is 245 g/mol. The molecule has 0 radical (unpaired) electrons. The van der Waals surface area contributed by atoms with Gasteiger partial charge in [0.1, 0.15) is 0 Å². The van der Waals surface area contributed by atoms with Crippen molar-refractivity contribution >= 4 is 34.8 Å². The van der Waals surface area contributed by atoms with E-state index in [0.717, 1.165) is 16.9 Å². The summed E-state index contributed by atoms with van der Waals surface area (Å²) >= 11 is 5.88. The maximum absolute atomic E-state index is 11.8. The fourth-order valence-electron chi connectivity index (χ4n) is 1.90. The Morgan fingerprint density at radius 3 is 2.88 bits per heavy atom. The second kappa shape index (κ2) is 3.79. The van der Waals surface area contributed by atoms with Crippen LogP contribution in [0.5, 0.6) is 0 Å². The molecule has 0 atom stereocenters. The third-order valence-electron chi connectivity index (χ3n) is 2.69. The summed E-state index contributed by atoms with van der Waals surface area (Å²) < 4.78 is 0. The fraction of sp³-hybridized carbons (Fsp3) is 0. The molecule has 2 aromatic rings. The largest absolute Gasteiger partial charge is 0.362 e. The molecule has 1 aliphatic rings. The summed E-state index contributed by atoms with van der Waals surface area (Å²) in [5.41, 5.74) is 3.20. The van der Waals surface area contributed by atoms with Crippen LogP contribution in [0.2, 0.25) is 5.02 Å². The quantitative estimate of drug-likeness (QED) is 0.744. The van der Waals surface area contributed by atoms with Gasteiger partial charge in [-0.05, 0) is 30.3 Å². The van der Waals surface area contributed by atoms with Crippen molar-refractivity contribution in [3.05, 3.63) is 52.8 Å². The molecule has 1 aliphatic heterocycles. The summed E-state index contributed by atoms with van der Waals surface area (Å²) in [5.74, 6) is -0.100. The number of rotatable bonds is 1. The van der Waals surface area contributed by atoms with Crippen LogP contribution in [0, 0.1) is 0 Å². The Kier molecular flexibility index (Phi) is 2.27. The zero-order valence-electron chi connectivity index (χ0n) is 8.83. The highest BCUT2D eigenvalue weighted by molar-refractivity contribution is 6.36. The number of hydrogen-bond acceptors (Lipinski definition) is 1. The van der Waals surface area contributed by atoms with E-state index in [9.17, 15) is 4.79 Å². The minimum Gasteiger partial charge on any atom is -0.362 e. The summed E-state index contributed by atoms with van der Waals surface area (Å²) in [4.78, 5) is 14.9. The molecule has 0 aliphatic carbocycles. The molecule has 0 saturated heterocycles. The Morgan fingerprint density at radius 1 is 1.24 bits per heavy atom. The predicted octanol–water partition coefficient (Wildman–Crippen LogP) is 3.16. The number of amides is 1. The van der Waals surface area contributed by atoms with Gasteiger partial charge in [-0.25, -0.2) is 0 Å². The SMILES string of the molecule is O=C1Nc2cc(Cl)ccc2/C1=C/c1ccc[nH]1. The molecule has 0 fully saturated rings. The van der Waals surface area contributed by atoms with Crippen molar-refractivity contribution in [3.63, 3.8) is 0 Å². The number of carbonyl (C=O) groups is 1. The minimum atomic E-state index is -0.100. The Bertz CT molecular complexity index is 614. The van der Waals surface area contributed by atoms with Gasteiger partial charge in [-0.2, -0.15) is 0 Å². The molecule has 1 aromatic carbocycles. The molecule has 2 heterocycles. The lowest BCUT2D eigenvalue weighted by molar-refractivity contribution is -0.110. The van der Waals surface area contributed by atoms with E-state index in [-0.39, 0.29) is 5.91 Å². The van der Waals surface area contributed by atoms with E-state index in [4.69, 9.17) is 11.6 Å². The van der Waals surface area contributed by atoms with Crippen LogP contribution in [0.25, 0.3) is 11.6 Å². The van der Waals surface area contributed by atoms with Crippen molar-refractivity contribution in [2.45, 2.75) is 0 Å².